The van der Waals surface area contributed by atoms with Crippen LogP contribution < -0.4 is 10.0 Å². The molecule has 5 nitrogen and oxygen atoms in total. The molecule has 24 heavy (non-hydrogen) atoms. The summed E-state index contributed by atoms with van der Waals surface area (Å²) in [7, 11) is -3.81. The molecule has 0 fully saturated rings. The third-order valence-electron chi connectivity index (χ3n) is 3.26. The number of hydrogen-bond acceptors (Lipinski definition) is 3. The molecule has 0 aromatic heterocycles. The molecule has 8 heteroatoms. The molecule has 2 aromatic rings. The summed E-state index contributed by atoms with van der Waals surface area (Å²) in [5, 5.41) is 3.62. The van der Waals surface area contributed by atoms with Crippen molar-refractivity contribution >= 4 is 39.1 Å². The lowest BCUT2D eigenvalue weighted by atomic mass is 10.2. The molecule has 0 bridgehead atoms. The Balaban J connectivity index is 1.98. The zero-order valence-corrected chi connectivity index (χ0v) is 15.1. The third-order valence-corrected chi connectivity index (χ3v) is 5.44. The van der Waals surface area contributed by atoms with Crippen LogP contribution in [0.3, 0.4) is 0 Å². The maximum Gasteiger partial charge on any atom is 0.241 e. The highest BCUT2D eigenvalue weighted by Crippen LogP contribution is 2.15. The average molecular weight is 387 g/mol. The van der Waals surface area contributed by atoms with Gasteiger partial charge in [-0.3, -0.25) is 4.79 Å². The van der Waals surface area contributed by atoms with Crippen molar-refractivity contribution in [2.24, 2.45) is 0 Å². The molecule has 2 rings (SSSR count). The molecule has 1 atom stereocenters. The topological polar surface area (TPSA) is 75.3 Å². The van der Waals surface area contributed by atoms with Gasteiger partial charge in [0.05, 0.1) is 10.9 Å². The molecule has 0 aliphatic heterocycles. The second kappa shape index (κ2) is 7.98. The predicted molar refractivity (Wildman–Crippen MR) is 94.5 cm³/mol. The van der Waals surface area contributed by atoms with E-state index in [0.717, 1.165) is 5.56 Å². The summed E-state index contributed by atoms with van der Waals surface area (Å²) in [4.78, 5) is 12.1. The Morgan fingerprint density at radius 2 is 1.71 bits per heavy atom. The molecule has 0 saturated carbocycles. The maximum absolute atomic E-state index is 12.2. The molecular formula is C16H16Cl2N2O3S. The number of amides is 1. The van der Waals surface area contributed by atoms with Gasteiger partial charge in [-0.05, 0) is 42.8 Å². The van der Waals surface area contributed by atoms with Crippen LogP contribution in [-0.4, -0.2) is 20.4 Å². The summed E-state index contributed by atoms with van der Waals surface area (Å²) >= 11 is 11.8. The van der Waals surface area contributed by atoms with Gasteiger partial charge in [0.15, 0.2) is 0 Å². The summed E-state index contributed by atoms with van der Waals surface area (Å²) in [6, 6.07) is 11.8. The molecular weight excluding hydrogens is 371 g/mol. The summed E-state index contributed by atoms with van der Waals surface area (Å²) in [5.41, 5.74) is 0.750. The van der Waals surface area contributed by atoms with Crippen molar-refractivity contribution in [1.29, 1.82) is 0 Å². The van der Waals surface area contributed by atoms with Gasteiger partial charge in [-0.15, -0.1) is 0 Å². The number of halogens is 2. The first-order valence-corrected chi connectivity index (χ1v) is 9.32. The maximum atomic E-state index is 12.2. The van der Waals surface area contributed by atoms with Crippen molar-refractivity contribution in [1.82, 2.24) is 10.0 Å². The van der Waals surface area contributed by atoms with Crippen LogP contribution in [0.15, 0.2) is 53.4 Å². The first-order chi connectivity index (χ1) is 11.3. The van der Waals surface area contributed by atoms with Crippen LogP contribution in [0.5, 0.6) is 0 Å². The largest absolute Gasteiger partial charge is 0.351 e. The normalized spacial score (nSPS) is 12.6. The van der Waals surface area contributed by atoms with Gasteiger partial charge in [-0.2, -0.15) is 4.72 Å². The summed E-state index contributed by atoms with van der Waals surface area (Å²) in [5.74, 6) is -0.451. The van der Waals surface area contributed by atoms with E-state index < -0.39 is 22.0 Å². The SMILES string of the molecule is C[C@@H](NS(=O)(=O)c1ccc(Cl)cc1)C(=O)NCc1ccccc1Cl. The zero-order chi connectivity index (χ0) is 17.7. The molecule has 0 unspecified atom stereocenters. The van der Waals surface area contributed by atoms with E-state index in [1.54, 1.807) is 24.3 Å². The van der Waals surface area contributed by atoms with Gasteiger partial charge >= 0.3 is 0 Å². The van der Waals surface area contributed by atoms with E-state index in [9.17, 15) is 13.2 Å². The van der Waals surface area contributed by atoms with Gasteiger partial charge < -0.3 is 5.32 Å². The number of sulfonamides is 1. The molecule has 2 N–H and O–H groups in total. The van der Waals surface area contributed by atoms with Gasteiger partial charge in [-0.25, -0.2) is 8.42 Å². The van der Waals surface area contributed by atoms with Crippen molar-refractivity contribution in [3.05, 3.63) is 64.1 Å². The fourth-order valence-corrected chi connectivity index (χ4v) is 3.48. The third kappa shape index (κ3) is 4.95. The molecule has 1 amide bonds. The van der Waals surface area contributed by atoms with Crippen molar-refractivity contribution in [3.8, 4) is 0 Å². The quantitative estimate of drug-likeness (QED) is 0.800. The van der Waals surface area contributed by atoms with Crippen molar-refractivity contribution in [3.63, 3.8) is 0 Å². The van der Waals surface area contributed by atoms with Crippen molar-refractivity contribution < 1.29 is 13.2 Å². The minimum atomic E-state index is -3.81. The number of rotatable bonds is 6. The monoisotopic (exact) mass is 386 g/mol. The highest BCUT2D eigenvalue weighted by molar-refractivity contribution is 7.89. The highest BCUT2D eigenvalue weighted by atomic mass is 35.5. The molecule has 0 saturated heterocycles. The smallest absolute Gasteiger partial charge is 0.241 e. The minimum absolute atomic E-state index is 0.0395. The summed E-state index contributed by atoms with van der Waals surface area (Å²) in [6.07, 6.45) is 0. The average Bonchev–Trinajstić information content (AvgIpc) is 2.53. The van der Waals surface area contributed by atoms with E-state index in [0.29, 0.717) is 10.0 Å². The standard InChI is InChI=1S/C16H16Cl2N2O3S/c1-11(16(21)19-10-12-4-2-3-5-15(12)18)20-24(22,23)14-8-6-13(17)7-9-14/h2-9,11,20H,10H2,1H3,(H,19,21)/t11-/m1/s1. The second-order valence-electron chi connectivity index (χ2n) is 5.11. The van der Waals surface area contributed by atoms with Gasteiger partial charge in [0.25, 0.3) is 0 Å². The van der Waals surface area contributed by atoms with E-state index in [4.69, 9.17) is 23.2 Å². The van der Waals surface area contributed by atoms with Crippen molar-refractivity contribution in [2.45, 2.75) is 24.4 Å². The van der Waals surface area contributed by atoms with Crippen LogP contribution >= 0.6 is 23.2 Å². The van der Waals surface area contributed by atoms with Gasteiger partial charge in [-0.1, -0.05) is 41.4 Å². The number of benzene rings is 2. The van der Waals surface area contributed by atoms with E-state index in [-0.39, 0.29) is 11.4 Å². The van der Waals surface area contributed by atoms with Crippen LogP contribution in [0.2, 0.25) is 10.0 Å². The number of carbonyl (C=O) groups excluding carboxylic acids is 1. The molecule has 2 aromatic carbocycles. The fourth-order valence-electron chi connectivity index (χ4n) is 1.95. The van der Waals surface area contributed by atoms with Crippen LogP contribution in [-0.2, 0) is 21.4 Å². The van der Waals surface area contributed by atoms with Crippen LogP contribution in [0, 0.1) is 0 Å². The first kappa shape index (κ1) is 18.7. The minimum Gasteiger partial charge on any atom is -0.351 e. The predicted octanol–water partition coefficient (Wildman–Crippen LogP) is 2.98. The van der Waals surface area contributed by atoms with E-state index in [2.05, 4.69) is 10.0 Å². The van der Waals surface area contributed by atoms with Gasteiger partial charge in [0, 0.05) is 16.6 Å². The second-order valence-corrected chi connectivity index (χ2v) is 7.66. The van der Waals surface area contributed by atoms with Crippen molar-refractivity contribution in [2.75, 3.05) is 0 Å². The Kier molecular flexibility index (Phi) is 6.23. The molecule has 0 radical (unpaired) electrons. The Morgan fingerprint density at radius 3 is 2.33 bits per heavy atom. The number of nitrogens with one attached hydrogen (secondary N) is 2. The van der Waals surface area contributed by atoms with Crippen LogP contribution in [0.1, 0.15) is 12.5 Å². The lowest BCUT2D eigenvalue weighted by Crippen LogP contribution is -2.44. The van der Waals surface area contributed by atoms with Crippen LogP contribution in [0.4, 0.5) is 0 Å². The molecule has 0 aliphatic carbocycles. The lowest BCUT2D eigenvalue weighted by molar-refractivity contribution is -0.122. The number of hydrogen-bond donors (Lipinski definition) is 2. The van der Waals surface area contributed by atoms with Gasteiger partial charge in [0.1, 0.15) is 0 Å². The lowest BCUT2D eigenvalue weighted by Gasteiger charge is -2.15. The Bertz CT molecular complexity index is 823. The Hall–Kier alpha value is -1.60. The van der Waals surface area contributed by atoms with E-state index >= 15 is 0 Å². The molecule has 0 aliphatic rings. The van der Waals surface area contributed by atoms with Gasteiger partial charge in [0.2, 0.25) is 15.9 Å². The first-order valence-electron chi connectivity index (χ1n) is 7.08. The zero-order valence-electron chi connectivity index (χ0n) is 12.8. The van der Waals surface area contributed by atoms with E-state index in [1.165, 1.54) is 31.2 Å². The molecule has 0 heterocycles. The summed E-state index contributed by atoms with van der Waals surface area (Å²) < 4.78 is 26.8. The number of carbonyl (C=O) groups is 1. The Morgan fingerprint density at radius 1 is 1.08 bits per heavy atom. The van der Waals surface area contributed by atoms with E-state index in [1.807, 2.05) is 0 Å². The van der Waals surface area contributed by atoms with Crippen LogP contribution in [0.25, 0.3) is 0 Å². The fraction of sp³-hybridized carbons (Fsp3) is 0.188. The highest BCUT2D eigenvalue weighted by Gasteiger charge is 2.21. The molecule has 128 valence electrons. The Labute approximate surface area is 151 Å². The summed E-state index contributed by atoms with van der Waals surface area (Å²) in [6.45, 7) is 1.68. The molecule has 0 spiro atoms.